The zero-order chi connectivity index (χ0) is 15.0. The number of aliphatic hydroxyl groups is 1. The zero-order valence-corrected chi connectivity index (χ0v) is 13.7. The summed E-state index contributed by atoms with van der Waals surface area (Å²) in [5.74, 6) is 0.774. The summed E-state index contributed by atoms with van der Waals surface area (Å²) >= 11 is 0. The van der Waals surface area contributed by atoms with Crippen LogP contribution in [0, 0.1) is 11.8 Å². The van der Waals surface area contributed by atoms with Gasteiger partial charge in [-0.05, 0) is 53.5 Å². The van der Waals surface area contributed by atoms with Crippen molar-refractivity contribution in [3.8, 4) is 0 Å². The van der Waals surface area contributed by atoms with Gasteiger partial charge in [0.15, 0.2) is 0 Å². The maximum absolute atomic E-state index is 10.5. The second-order valence-electron chi connectivity index (χ2n) is 7.66. The van der Waals surface area contributed by atoms with Crippen molar-refractivity contribution in [1.82, 2.24) is 4.90 Å². The van der Waals surface area contributed by atoms with Crippen molar-refractivity contribution in [2.24, 2.45) is 11.8 Å². The van der Waals surface area contributed by atoms with Gasteiger partial charge in [-0.3, -0.25) is 0 Å². The van der Waals surface area contributed by atoms with E-state index in [2.05, 4.69) is 25.8 Å². The van der Waals surface area contributed by atoms with E-state index < -0.39 is 11.7 Å². The lowest BCUT2D eigenvalue weighted by atomic mass is 9.84. The van der Waals surface area contributed by atoms with Crippen LogP contribution in [0.15, 0.2) is 0 Å². The van der Waals surface area contributed by atoms with E-state index in [4.69, 9.17) is 9.47 Å². The molecule has 0 aromatic heterocycles. The number of aliphatic hydroxyl groups excluding tert-OH is 1. The molecule has 20 heavy (non-hydrogen) atoms. The third-order valence-corrected chi connectivity index (χ3v) is 4.85. The van der Waals surface area contributed by atoms with E-state index in [1.165, 1.54) is 12.8 Å². The molecule has 2 rings (SSSR count). The van der Waals surface area contributed by atoms with E-state index in [9.17, 15) is 5.11 Å². The van der Waals surface area contributed by atoms with Crippen molar-refractivity contribution in [2.75, 3.05) is 33.4 Å². The van der Waals surface area contributed by atoms with Crippen LogP contribution in [-0.4, -0.2) is 60.7 Å². The first-order valence-corrected chi connectivity index (χ1v) is 7.87. The molecule has 2 aliphatic rings. The maximum Gasteiger partial charge on any atom is 0.0896 e. The van der Waals surface area contributed by atoms with E-state index >= 15 is 0 Å². The van der Waals surface area contributed by atoms with Crippen LogP contribution in [0.2, 0.25) is 0 Å². The van der Waals surface area contributed by atoms with Gasteiger partial charge in [0.25, 0.3) is 0 Å². The maximum atomic E-state index is 10.5. The Morgan fingerprint density at radius 1 is 1.15 bits per heavy atom. The lowest BCUT2D eigenvalue weighted by molar-refractivity contribution is -0.0913. The molecule has 2 fully saturated rings. The summed E-state index contributed by atoms with van der Waals surface area (Å²) in [6, 6.07) is 0. The molecule has 4 heteroatoms. The molecule has 0 aliphatic carbocycles. The van der Waals surface area contributed by atoms with Crippen molar-refractivity contribution >= 4 is 0 Å². The summed E-state index contributed by atoms with van der Waals surface area (Å²) in [6.45, 7) is 11.8. The van der Waals surface area contributed by atoms with Gasteiger partial charge in [0.1, 0.15) is 0 Å². The van der Waals surface area contributed by atoms with Crippen LogP contribution in [0.3, 0.4) is 0 Å². The van der Waals surface area contributed by atoms with Gasteiger partial charge in [0.05, 0.1) is 23.9 Å². The number of rotatable bonds is 4. The normalized spacial score (nSPS) is 36.5. The first kappa shape index (κ1) is 16.2. The summed E-state index contributed by atoms with van der Waals surface area (Å²) in [5, 5.41) is 10.5. The van der Waals surface area contributed by atoms with Gasteiger partial charge < -0.3 is 19.5 Å². The Morgan fingerprint density at radius 2 is 1.85 bits per heavy atom. The summed E-state index contributed by atoms with van der Waals surface area (Å²) < 4.78 is 11.6. The topological polar surface area (TPSA) is 41.9 Å². The fourth-order valence-corrected chi connectivity index (χ4v) is 3.80. The third kappa shape index (κ3) is 3.53. The highest BCUT2D eigenvalue weighted by molar-refractivity contribution is 5.02. The Morgan fingerprint density at radius 3 is 2.35 bits per heavy atom. The first-order chi connectivity index (χ1) is 9.22. The van der Waals surface area contributed by atoms with Crippen LogP contribution < -0.4 is 0 Å². The summed E-state index contributed by atoms with van der Waals surface area (Å²) in [5.41, 5.74) is -0.733. The van der Waals surface area contributed by atoms with Crippen LogP contribution in [0.25, 0.3) is 0 Å². The minimum Gasteiger partial charge on any atom is -0.390 e. The minimum atomic E-state index is -0.455. The Bertz CT molecular complexity index is 324. The average molecular weight is 285 g/mol. The molecule has 0 bridgehead atoms. The average Bonchev–Trinajstić information content (AvgIpc) is 2.49. The molecule has 1 N–H and O–H groups in total. The number of hydrogen-bond acceptors (Lipinski definition) is 4. The quantitative estimate of drug-likeness (QED) is 0.857. The smallest absolute Gasteiger partial charge is 0.0896 e. The molecule has 0 aromatic rings. The molecular weight excluding hydrogens is 254 g/mol. The van der Waals surface area contributed by atoms with Crippen molar-refractivity contribution in [1.29, 1.82) is 0 Å². The van der Waals surface area contributed by atoms with Crippen LogP contribution in [0.1, 0.15) is 40.5 Å². The predicted molar refractivity (Wildman–Crippen MR) is 79.8 cm³/mol. The van der Waals surface area contributed by atoms with Crippen molar-refractivity contribution < 1.29 is 14.6 Å². The van der Waals surface area contributed by atoms with E-state index in [1.807, 2.05) is 13.8 Å². The molecule has 0 spiro atoms. The van der Waals surface area contributed by atoms with Gasteiger partial charge >= 0.3 is 0 Å². The van der Waals surface area contributed by atoms with Crippen LogP contribution in [0.5, 0.6) is 0 Å². The van der Waals surface area contributed by atoms with Gasteiger partial charge in [-0.2, -0.15) is 0 Å². The molecule has 2 heterocycles. The minimum absolute atomic E-state index is 0.145. The van der Waals surface area contributed by atoms with Crippen LogP contribution in [-0.2, 0) is 9.47 Å². The molecule has 3 atom stereocenters. The molecule has 2 aliphatic heterocycles. The molecule has 0 saturated carbocycles. The number of nitrogens with zero attached hydrogens (tertiary/aromatic N) is 1. The van der Waals surface area contributed by atoms with Gasteiger partial charge in [-0.25, -0.2) is 0 Å². The van der Waals surface area contributed by atoms with Crippen molar-refractivity contribution in [3.05, 3.63) is 0 Å². The fraction of sp³-hybridized carbons (Fsp3) is 1.00. The molecule has 3 unspecified atom stereocenters. The third-order valence-electron chi connectivity index (χ3n) is 4.85. The highest BCUT2D eigenvalue weighted by Crippen LogP contribution is 2.42. The summed E-state index contributed by atoms with van der Waals surface area (Å²) in [4.78, 5) is 2.33. The van der Waals surface area contributed by atoms with Gasteiger partial charge in [0.2, 0.25) is 0 Å². The Kier molecular flexibility index (Phi) is 4.80. The Balaban J connectivity index is 1.91. The zero-order valence-electron chi connectivity index (χ0n) is 13.7. The molecule has 118 valence electrons. The highest BCUT2D eigenvalue weighted by Gasteiger charge is 2.53. The van der Waals surface area contributed by atoms with Crippen molar-refractivity contribution in [2.45, 2.75) is 57.8 Å². The molecule has 0 amide bonds. The van der Waals surface area contributed by atoms with Crippen molar-refractivity contribution in [3.63, 3.8) is 0 Å². The number of hydrogen-bond donors (Lipinski definition) is 1. The van der Waals surface area contributed by atoms with E-state index in [-0.39, 0.29) is 11.5 Å². The van der Waals surface area contributed by atoms with Crippen LogP contribution in [0.4, 0.5) is 0 Å². The fourth-order valence-electron chi connectivity index (χ4n) is 3.80. The largest absolute Gasteiger partial charge is 0.390 e. The second-order valence-corrected chi connectivity index (χ2v) is 7.66. The van der Waals surface area contributed by atoms with E-state index in [1.54, 1.807) is 0 Å². The summed E-state index contributed by atoms with van der Waals surface area (Å²) in [7, 11) is 2.14. The van der Waals surface area contributed by atoms with E-state index in [0.29, 0.717) is 5.92 Å². The predicted octanol–water partition coefficient (Wildman–Crippen LogP) is 1.91. The van der Waals surface area contributed by atoms with Gasteiger partial charge in [0, 0.05) is 25.6 Å². The summed E-state index contributed by atoms with van der Waals surface area (Å²) in [6.07, 6.45) is 2.01. The SMILES string of the molecule is CN(CC1CCCOC1)CC1C(O)C(C)(C)OC1(C)C. The number of ether oxygens (including phenoxy) is 2. The monoisotopic (exact) mass is 285 g/mol. The van der Waals surface area contributed by atoms with E-state index in [0.717, 1.165) is 26.3 Å². The molecular formula is C16H31NO3. The van der Waals surface area contributed by atoms with Gasteiger partial charge in [-0.1, -0.05) is 0 Å². The molecule has 2 saturated heterocycles. The van der Waals surface area contributed by atoms with Gasteiger partial charge in [-0.15, -0.1) is 0 Å². The Labute approximate surface area is 123 Å². The lowest BCUT2D eigenvalue weighted by Gasteiger charge is -2.33. The second kappa shape index (κ2) is 5.91. The van der Waals surface area contributed by atoms with Crippen LogP contribution >= 0.6 is 0 Å². The molecule has 4 nitrogen and oxygen atoms in total. The highest BCUT2D eigenvalue weighted by atomic mass is 16.5. The molecule has 0 aromatic carbocycles. The lowest BCUT2D eigenvalue weighted by Crippen LogP contribution is -2.44. The standard InChI is InChI=1S/C16H31NO3/c1-15(2)13(14(18)16(3,4)20-15)10-17(5)9-12-7-6-8-19-11-12/h12-14,18H,6-11H2,1-5H3. The first-order valence-electron chi connectivity index (χ1n) is 7.87. The molecule has 0 radical (unpaired) electrons. The Hall–Kier alpha value is -0.160.